The van der Waals surface area contributed by atoms with E-state index in [9.17, 15) is 4.79 Å². The van der Waals surface area contributed by atoms with Gasteiger partial charge in [-0.2, -0.15) is 0 Å². The van der Waals surface area contributed by atoms with Crippen molar-refractivity contribution in [3.63, 3.8) is 0 Å². The number of benzene rings is 1. The van der Waals surface area contributed by atoms with Crippen LogP contribution >= 0.6 is 23.2 Å². The van der Waals surface area contributed by atoms with Crippen LogP contribution in [-0.4, -0.2) is 5.78 Å². The van der Waals surface area contributed by atoms with Crippen molar-refractivity contribution in [2.24, 2.45) is 0 Å². The Balaban J connectivity index is 2.18. The minimum atomic E-state index is -0.0297. The topological polar surface area (TPSA) is 30.2 Å². The molecule has 0 atom stereocenters. The van der Waals surface area contributed by atoms with Crippen LogP contribution in [0.25, 0.3) is 0 Å². The lowest BCUT2D eigenvalue weighted by Crippen LogP contribution is -2.02. The van der Waals surface area contributed by atoms with Crippen LogP contribution in [0.2, 0.25) is 10.0 Å². The molecule has 0 bridgehead atoms. The second kappa shape index (κ2) is 4.73. The predicted molar refractivity (Wildman–Crippen MR) is 63.2 cm³/mol. The molecule has 0 fully saturated rings. The molecule has 0 aliphatic carbocycles. The van der Waals surface area contributed by atoms with Crippen molar-refractivity contribution in [1.29, 1.82) is 0 Å². The smallest absolute Gasteiger partial charge is 0.170 e. The van der Waals surface area contributed by atoms with Gasteiger partial charge in [0.2, 0.25) is 0 Å². The van der Waals surface area contributed by atoms with Gasteiger partial charge >= 0.3 is 0 Å². The Kier molecular flexibility index (Phi) is 3.32. The molecule has 0 aliphatic rings. The highest BCUT2D eigenvalue weighted by Gasteiger charge is 2.10. The maximum absolute atomic E-state index is 11.8. The Morgan fingerprint density at radius 2 is 2.06 bits per heavy atom. The standard InChI is InChI=1S/C12H8Cl2O2/c13-10-2-1-8(11(14)6-10)5-12(15)9-3-4-16-7-9/h1-4,6-7H,5H2. The predicted octanol–water partition coefficient (Wildman–Crippen LogP) is 4.01. The fraction of sp³-hybridized carbons (Fsp3) is 0.0833. The lowest BCUT2D eigenvalue weighted by atomic mass is 10.1. The first-order chi connectivity index (χ1) is 7.66. The van der Waals surface area contributed by atoms with Gasteiger partial charge in [-0.25, -0.2) is 0 Å². The van der Waals surface area contributed by atoms with Crippen LogP contribution in [0.4, 0.5) is 0 Å². The van der Waals surface area contributed by atoms with Crippen LogP contribution in [0.3, 0.4) is 0 Å². The van der Waals surface area contributed by atoms with Crippen LogP contribution in [-0.2, 0) is 6.42 Å². The highest BCUT2D eigenvalue weighted by Crippen LogP contribution is 2.22. The second-order valence-corrected chi connectivity index (χ2v) is 4.19. The van der Waals surface area contributed by atoms with E-state index in [1.165, 1.54) is 12.5 Å². The first kappa shape index (κ1) is 11.2. The molecule has 0 amide bonds. The van der Waals surface area contributed by atoms with E-state index in [2.05, 4.69) is 0 Å². The number of hydrogen-bond donors (Lipinski definition) is 0. The fourth-order valence-electron chi connectivity index (χ4n) is 1.36. The molecular weight excluding hydrogens is 247 g/mol. The Morgan fingerprint density at radius 3 is 2.69 bits per heavy atom. The van der Waals surface area contributed by atoms with Gasteiger partial charge in [0.15, 0.2) is 5.78 Å². The van der Waals surface area contributed by atoms with Crippen LogP contribution < -0.4 is 0 Å². The maximum atomic E-state index is 11.8. The molecule has 2 nitrogen and oxygen atoms in total. The minimum absolute atomic E-state index is 0.0297. The van der Waals surface area contributed by atoms with Crippen LogP contribution in [0.15, 0.2) is 41.2 Å². The van der Waals surface area contributed by atoms with E-state index >= 15 is 0 Å². The molecule has 1 aromatic heterocycles. The van der Waals surface area contributed by atoms with Gasteiger partial charge in [-0.15, -0.1) is 0 Å². The number of carbonyl (C=O) groups is 1. The molecule has 0 spiro atoms. The highest BCUT2D eigenvalue weighted by molar-refractivity contribution is 6.35. The number of halogens is 2. The monoisotopic (exact) mass is 254 g/mol. The van der Waals surface area contributed by atoms with Crippen LogP contribution in [0, 0.1) is 0 Å². The quantitative estimate of drug-likeness (QED) is 0.775. The summed E-state index contributed by atoms with van der Waals surface area (Å²) >= 11 is 11.7. The Morgan fingerprint density at radius 1 is 1.25 bits per heavy atom. The lowest BCUT2D eigenvalue weighted by molar-refractivity contribution is 0.0992. The summed E-state index contributed by atoms with van der Waals surface area (Å²) in [6.45, 7) is 0. The summed E-state index contributed by atoms with van der Waals surface area (Å²) in [7, 11) is 0. The molecular formula is C12H8Cl2O2. The molecule has 1 aromatic carbocycles. The number of Topliss-reactive ketones (excluding diaryl/α,β-unsaturated/α-hetero) is 1. The number of carbonyl (C=O) groups excluding carboxylic acids is 1. The fourth-order valence-corrected chi connectivity index (χ4v) is 1.84. The van der Waals surface area contributed by atoms with Gasteiger partial charge in [0, 0.05) is 16.5 Å². The van der Waals surface area contributed by atoms with E-state index in [1.54, 1.807) is 24.3 Å². The summed E-state index contributed by atoms with van der Waals surface area (Å²) in [5.41, 5.74) is 1.31. The van der Waals surface area contributed by atoms with Crippen molar-refractivity contribution >= 4 is 29.0 Å². The summed E-state index contributed by atoms with van der Waals surface area (Å²) in [5.74, 6) is -0.0297. The van der Waals surface area contributed by atoms with Crippen molar-refractivity contribution < 1.29 is 9.21 Å². The van der Waals surface area contributed by atoms with E-state index in [0.29, 0.717) is 15.6 Å². The van der Waals surface area contributed by atoms with Crippen LogP contribution in [0.5, 0.6) is 0 Å². The second-order valence-electron chi connectivity index (χ2n) is 3.35. The third-order valence-electron chi connectivity index (χ3n) is 2.21. The van der Waals surface area contributed by atoms with Crippen LogP contribution in [0.1, 0.15) is 15.9 Å². The van der Waals surface area contributed by atoms with E-state index in [4.69, 9.17) is 27.6 Å². The first-order valence-corrected chi connectivity index (χ1v) is 5.42. The van der Waals surface area contributed by atoms with Gasteiger partial charge in [0.1, 0.15) is 6.26 Å². The largest absolute Gasteiger partial charge is 0.472 e. The zero-order chi connectivity index (χ0) is 11.5. The van der Waals surface area contributed by atoms with Crippen molar-refractivity contribution in [2.45, 2.75) is 6.42 Å². The van der Waals surface area contributed by atoms with Gasteiger partial charge in [-0.05, 0) is 23.8 Å². The summed E-state index contributed by atoms with van der Waals surface area (Å²) in [4.78, 5) is 11.8. The van der Waals surface area contributed by atoms with Crippen molar-refractivity contribution in [3.05, 3.63) is 58.0 Å². The number of hydrogen-bond acceptors (Lipinski definition) is 2. The minimum Gasteiger partial charge on any atom is -0.472 e. The molecule has 0 unspecified atom stereocenters. The Bertz CT molecular complexity index is 504. The number of furan rings is 1. The molecule has 0 N–H and O–H groups in total. The van der Waals surface area contributed by atoms with E-state index in [-0.39, 0.29) is 12.2 Å². The van der Waals surface area contributed by atoms with Crippen molar-refractivity contribution in [3.8, 4) is 0 Å². The van der Waals surface area contributed by atoms with E-state index in [0.717, 1.165) is 5.56 Å². The van der Waals surface area contributed by atoms with Gasteiger partial charge < -0.3 is 4.42 Å². The summed E-state index contributed by atoms with van der Waals surface area (Å²) < 4.78 is 4.85. The molecule has 0 saturated heterocycles. The Hall–Kier alpha value is -1.25. The zero-order valence-corrected chi connectivity index (χ0v) is 9.76. The molecule has 1 heterocycles. The zero-order valence-electron chi connectivity index (χ0n) is 8.24. The average molecular weight is 255 g/mol. The van der Waals surface area contributed by atoms with E-state index < -0.39 is 0 Å². The molecule has 2 aromatic rings. The lowest BCUT2D eigenvalue weighted by Gasteiger charge is -2.02. The molecule has 0 aliphatic heterocycles. The highest BCUT2D eigenvalue weighted by atomic mass is 35.5. The summed E-state index contributed by atoms with van der Waals surface area (Å²) in [6.07, 6.45) is 3.14. The van der Waals surface area contributed by atoms with Gasteiger partial charge in [0.05, 0.1) is 11.8 Å². The normalized spacial score (nSPS) is 10.4. The van der Waals surface area contributed by atoms with Gasteiger partial charge in [-0.1, -0.05) is 29.3 Å². The molecule has 2 rings (SSSR count). The maximum Gasteiger partial charge on any atom is 0.170 e. The number of ketones is 1. The molecule has 16 heavy (non-hydrogen) atoms. The number of rotatable bonds is 3. The SMILES string of the molecule is O=C(Cc1ccc(Cl)cc1Cl)c1ccoc1. The summed E-state index contributed by atoms with van der Waals surface area (Å²) in [6, 6.07) is 6.72. The summed E-state index contributed by atoms with van der Waals surface area (Å²) in [5, 5.41) is 1.06. The van der Waals surface area contributed by atoms with Crippen molar-refractivity contribution in [2.75, 3.05) is 0 Å². The first-order valence-electron chi connectivity index (χ1n) is 4.66. The third kappa shape index (κ3) is 2.46. The van der Waals surface area contributed by atoms with Gasteiger partial charge in [0.25, 0.3) is 0 Å². The van der Waals surface area contributed by atoms with Gasteiger partial charge in [-0.3, -0.25) is 4.79 Å². The molecule has 82 valence electrons. The van der Waals surface area contributed by atoms with Crippen molar-refractivity contribution in [1.82, 2.24) is 0 Å². The van der Waals surface area contributed by atoms with E-state index in [1.807, 2.05) is 0 Å². The Labute approximate surface area is 103 Å². The molecule has 0 saturated carbocycles. The molecule has 4 heteroatoms. The average Bonchev–Trinajstić information content (AvgIpc) is 2.75. The molecule has 0 radical (unpaired) electrons. The third-order valence-corrected chi connectivity index (χ3v) is 2.80.